The van der Waals surface area contributed by atoms with Gasteiger partial charge >= 0.3 is 0 Å². The number of rotatable bonds is 5. The van der Waals surface area contributed by atoms with Crippen LogP contribution in [0.2, 0.25) is 0 Å². The van der Waals surface area contributed by atoms with Crippen LogP contribution in [0, 0.1) is 11.8 Å². The zero-order chi connectivity index (χ0) is 18.0. The molecule has 0 aromatic heterocycles. The maximum absolute atomic E-state index is 12.4. The predicted octanol–water partition coefficient (Wildman–Crippen LogP) is 3.31. The van der Waals surface area contributed by atoms with E-state index >= 15 is 0 Å². The van der Waals surface area contributed by atoms with E-state index in [1.165, 1.54) is 4.90 Å². The van der Waals surface area contributed by atoms with Crippen LogP contribution in [-0.4, -0.2) is 29.2 Å². The summed E-state index contributed by atoms with van der Waals surface area (Å²) in [6.45, 7) is 4.34. The zero-order valence-electron chi connectivity index (χ0n) is 15.0. The van der Waals surface area contributed by atoms with Crippen molar-refractivity contribution in [2.75, 3.05) is 11.9 Å². The number of carbonyl (C=O) groups excluding carboxylic acids is 3. The first-order chi connectivity index (χ1) is 12.0. The fraction of sp³-hybridized carbons (Fsp3) is 0.550. The van der Waals surface area contributed by atoms with Gasteiger partial charge in [-0.1, -0.05) is 44.9 Å². The molecule has 1 aliphatic carbocycles. The first-order valence-corrected chi connectivity index (χ1v) is 9.23. The number of imide groups is 1. The maximum Gasteiger partial charge on any atom is 0.233 e. The summed E-state index contributed by atoms with van der Waals surface area (Å²) in [5.41, 5.74) is 1.88. The molecule has 25 heavy (non-hydrogen) atoms. The molecule has 0 radical (unpaired) electrons. The summed E-state index contributed by atoms with van der Waals surface area (Å²) in [4.78, 5) is 38.5. The predicted molar refractivity (Wildman–Crippen MR) is 95.9 cm³/mol. The van der Waals surface area contributed by atoms with E-state index < -0.39 is 0 Å². The van der Waals surface area contributed by atoms with E-state index in [-0.39, 0.29) is 42.5 Å². The number of para-hydroxylation sites is 1. The Balaban J connectivity index is 1.59. The SMILES string of the molecule is CC(C)c1ccccc1NC(=O)CCN1C(=O)[C@@H]2CCCC[C@H]2C1=O. The summed E-state index contributed by atoms with van der Waals surface area (Å²) < 4.78 is 0. The van der Waals surface area contributed by atoms with Gasteiger partial charge in [-0.3, -0.25) is 19.3 Å². The maximum atomic E-state index is 12.4. The average molecular weight is 342 g/mol. The molecule has 1 heterocycles. The molecule has 5 nitrogen and oxygen atoms in total. The Morgan fingerprint density at radius 3 is 2.32 bits per heavy atom. The highest BCUT2D eigenvalue weighted by atomic mass is 16.2. The molecule has 3 amide bonds. The summed E-state index contributed by atoms with van der Waals surface area (Å²) >= 11 is 0. The van der Waals surface area contributed by atoms with Crippen LogP contribution in [0.4, 0.5) is 5.69 Å². The van der Waals surface area contributed by atoms with Gasteiger partial charge in [0.1, 0.15) is 0 Å². The lowest BCUT2D eigenvalue weighted by molar-refractivity contribution is -0.140. The second-order valence-corrected chi connectivity index (χ2v) is 7.37. The van der Waals surface area contributed by atoms with Crippen LogP contribution in [0.15, 0.2) is 24.3 Å². The number of anilines is 1. The van der Waals surface area contributed by atoms with Crippen LogP contribution in [-0.2, 0) is 14.4 Å². The molecule has 0 spiro atoms. The molecule has 1 saturated carbocycles. The Morgan fingerprint density at radius 1 is 1.12 bits per heavy atom. The van der Waals surface area contributed by atoms with Crippen molar-refractivity contribution in [3.8, 4) is 0 Å². The normalized spacial score (nSPS) is 23.1. The number of likely N-dealkylation sites (tertiary alicyclic amines) is 1. The van der Waals surface area contributed by atoms with Crippen molar-refractivity contribution in [3.05, 3.63) is 29.8 Å². The summed E-state index contributed by atoms with van der Waals surface area (Å²) in [7, 11) is 0. The molecular weight excluding hydrogens is 316 g/mol. The molecule has 1 saturated heterocycles. The van der Waals surface area contributed by atoms with Gasteiger partial charge in [-0.2, -0.15) is 0 Å². The van der Waals surface area contributed by atoms with Gasteiger partial charge in [-0.15, -0.1) is 0 Å². The van der Waals surface area contributed by atoms with Crippen molar-refractivity contribution < 1.29 is 14.4 Å². The van der Waals surface area contributed by atoms with Gasteiger partial charge in [0.15, 0.2) is 0 Å². The molecule has 2 atom stereocenters. The van der Waals surface area contributed by atoms with E-state index in [0.29, 0.717) is 5.92 Å². The average Bonchev–Trinajstić information content (AvgIpc) is 2.85. The Kier molecular flexibility index (Phi) is 5.21. The molecule has 2 fully saturated rings. The molecule has 0 unspecified atom stereocenters. The minimum atomic E-state index is -0.163. The molecule has 2 aliphatic rings. The van der Waals surface area contributed by atoms with Gasteiger partial charge in [0.2, 0.25) is 17.7 Å². The quantitative estimate of drug-likeness (QED) is 0.835. The summed E-state index contributed by atoms with van der Waals surface area (Å²) in [6.07, 6.45) is 3.78. The van der Waals surface area contributed by atoms with Crippen molar-refractivity contribution in [2.45, 2.75) is 51.9 Å². The highest BCUT2D eigenvalue weighted by Crippen LogP contribution is 2.38. The van der Waals surface area contributed by atoms with Crippen LogP contribution >= 0.6 is 0 Å². The van der Waals surface area contributed by atoms with Crippen molar-refractivity contribution in [1.82, 2.24) is 4.90 Å². The van der Waals surface area contributed by atoms with Crippen LogP contribution in [0.25, 0.3) is 0 Å². The van der Waals surface area contributed by atoms with Crippen LogP contribution < -0.4 is 5.32 Å². The summed E-state index contributed by atoms with van der Waals surface area (Å²) in [5.74, 6) is -0.308. The smallest absolute Gasteiger partial charge is 0.233 e. The second-order valence-electron chi connectivity index (χ2n) is 7.37. The minimum absolute atomic E-state index is 0.0786. The molecule has 3 rings (SSSR count). The third-order valence-corrected chi connectivity index (χ3v) is 5.35. The third-order valence-electron chi connectivity index (χ3n) is 5.35. The molecule has 5 heteroatoms. The highest BCUT2D eigenvalue weighted by molar-refractivity contribution is 6.05. The highest BCUT2D eigenvalue weighted by Gasteiger charge is 2.47. The number of amides is 3. The number of benzene rings is 1. The molecule has 0 bridgehead atoms. The van der Waals surface area contributed by atoms with E-state index in [2.05, 4.69) is 19.2 Å². The Labute approximate surface area is 148 Å². The summed E-state index contributed by atoms with van der Waals surface area (Å²) in [5, 5.41) is 2.92. The number of carbonyl (C=O) groups is 3. The largest absolute Gasteiger partial charge is 0.326 e. The van der Waals surface area contributed by atoms with E-state index in [0.717, 1.165) is 36.9 Å². The van der Waals surface area contributed by atoms with Gasteiger partial charge < -0.3 is 5.32 Å². The van der Waals surface area contributed by atoms with Crippen molar-refractivity contribution in [2.24, 2.45) is 11.8 Å². The fourth-order valence-corrected chi connectivity index (χ4v) is 3.99. The zero-order valence-corrected chi connectivity index (χ0v) is 15.0. The van der Waals surface area contributed by atoms with Crippen molar-refractivity contribution >= 4 is 23.4 Å². The second kappa shape index (κ2) is 7.38. The number of nitrogens with one attached hydrogen (secondary N) is 1. The molecule has 134 valence electrons. The molecule has 1 aliphatic heterocycles. The van der Waals surface area contributed by atoms with E-state index in [9.17, 15) is 14.4 Å². The first-order valence-electron chi connectivity index (χ1n) is 9.23. The lowest BCUT2D eigenvalue weighted by atomic mass is 9.81. The minimum Gasteiger partial charge on any atom is -0.326 e. The van der Waals surface area contributed by atoms with Gasteiger partial charge in [-0.25, -0.2) is 0 Å². The molecular formula is C20H26N2O3. The Bertz CT molecular complexity index is 659. The molecule has 1 aromatic rings. The molecule has 1 aromatic carbocycles. The van der Waals surface area contributed by atoms with Crippen LogP contribution in [0.3, 0.4) is 0 Å². The van der Waals surface area contributed by atoms with E-state index in [1.54, 1.807) is 0 Å². The Hall–Kier alpha value is -2.17. The lowest BCUT2D eigenvalue weighted by Crippen LogP contribution is -2.34. The van der Waals surface area contributed by atoms with Crippen molar-refractivity contribution in [3.63, 3.8) is 0 Å². The van der Waals surface area contributed by atoms with Crippen LogP contribution in [0.5, 0.6) is 0 Å². The van der Waals surface area contributed by atoms with E-state index in [1.807, 2.05) is 24.3 Å². The fourth-order valence-electron chi connectivity index (χ4n) is 3.99. The van der Waals surface area contributed by atoms with Crippen molar-refractivity contribution in [1.29, 1.82) is 0 Å². The molecule has 1 N–H and O–H groups in total. The third kappa shape index (κ3) is 3.60. The van der Waals surface area contributed by atoms with Gasteiger partial charge in [0, 0.05) is 18.7 Å². The van der Waals surface area contributed by atoms with Gasteiger partial charge in [0.25, 0.3) is 0 Å². The van der Waals surface area contributed by atoms with E-state index in [4.69, 9.17) is 0 Å². The topological polar surface area (TPSA) is 66.5 Å². The standard InChI is InChI=1S/C20H26N2O3/c1-13(2)14-7-5-6-10-17(14)21-18(23)11-12-22-19(24)15-8-3-4-9-16(15)20(22)25/h5-7,10,13,15-16H,3-4,8-9,11-12H2,1-2H3,(H,21,23)/t15-,16-/m1/s1. The monoisotopic (exact) mass is 342 g/mol. The number of hydrogen-bond acceptors (Lipinski definition) is 3. The first kappa shape index (κ1) is 17.6. The van der Waals surface area contributed by atoms with Gasteiger partial charge in [0.05, 0.1) is 11.8 Å². The number of fused-ring (bicyclic) bond motifs is 1. The number of hydrogen-bond donors (Lipinski definition) is 1. The lowest BCUT2D eigenvalue weighted by Gasteiger charge is -2.19. The summed E-state index contributed by atoms with van der Waals surface area (Å²) in [6, 6.07) is 7.72. The van der Waals surface area contributed by atoms with Crippen LogP contribution in [0.1, 0.15) is 57.4 Å². The van der Waals surface area contributed by atoms with Gasteiger partial charge in [-0.05, 0) is 30.4 Å². The number of nitrogens with zero attached hydrogens (tertiary/aromatic N) is 1. The Morgan fingerprint density at radius 2 is 1.72 bits per heavy atom.